The van der Waals surface area contributed by atoms with Crippen LogP contribution in [0.25, 0.3) is 0 Å². The first kappa shape index (κ1) is 11.4. The number of esters is 1. The molecule has 1 N–H and O–H groups in total. The number of carbonyl (C=O) groups is 1. The average Bonchev–Trinajstić information content (AvgIpc) is 2.01. The topological polar surface area (TPSA) is 38.3 Å². The summed E-state index contributed by atoms with van der Waals surface area (Å²) in [7, 11) is 0. The van der Waals surface area contributed by atoms with Gasteiger partial charge in [0.05, 0.1) is 13.2 Å². The first-order valence-corrected chi connectivity index (χ1v) is 4.53. The molecule has 3 heteroatoms. The second kappa shape index (κ2) is 7.10. The Bertz CT molecular complexity index is 124. The summed E-state index contributed by atoms with van der Waals surface area (Å²) in [5.41, 5.74) is 0. The van der Waals surface area contributed by atoms with Crippen LogP contribution in [-0.2, 0) is 9.53 Å². The molecule has 0 saturated carbocycles. The second-order valence-electron chi connectivity index (χ2n) is 3.25. The molecular formula is C9H19NO2. The standard InChI is InChI=1S/C9H19NO2/c1-4-5-10-6-9(11)12-7-8(2)3/h8,10H,4-7H2,1-3H3. The maximum atomic E-state index is 10.9. The molecule has 0 aromatic heterocycles. The van der Waals surface area contributed by atoms with E-state index in [0.29, 0.717) is 19.1 Å². The van der Waals surface area contributed by atoms with Gasteiger partial charge in [-0.3, -0.25) is 4.79 Å². The van der Waals surface area contributed by atoms with Gasteiger partial charge in [0.2, 0.25) is 0 Å². The van der Waals surface area contributed by atoms with Crippen LogP contribution in [0.4, 0.5) is 0 Å². The van der Waals surface area contributed by atoms with Crippen molar-refractivity contribution in [3.63, 3.8) is 0 Å². The summed E-state index contributed by atoms with van der Waals surface area (Å²) >= 11 is 0. The predicted molar refractivity (Wildman–Crippen MR) is 49.0 cm³/mol. The van der Waals surface area contributed by atoms with E-state index < -0.39 is 0 Å². The minimum atomic E-state index is -0.155. The molecule has 0 aromatic rings. The van der Waals surface area contributed by atoms with Gasteiger partial charge in [-0.2, -0.15) is 0 Å². The number of nitrogens with one attached hydrogen (secondary N) is 1. The van der Waals surface area contributed by atoms with Crippen molar-refractivity contribution in [1.29, 1.82) is 0 Å². The van der Waals surface area contributed by atoms with Crippen molar-refractivity contribution in [2.24, 2.45) is 5.92 Å². The Morgan fingerprint density at radius 1 is 1.50 bits per heavy atom. The fraction of sp³-hybridized carbons (Fsp3) is 0.889. The molecule has 0 aromatic carbocycles. The first-order valence-electron chi connectivity index (χ1n) is 4.53. The van der Waals surface area contributed by atoms with Gasteiger partial charge < -0.3 is 10.1 Å². The van der Waals surface area contributed by atoms with Gasteiger partial charge in [-0.05, 0) is 18.9 Å². The molecule has 0 bridgehead atoms. The predicted octanol–water partition coefficient (Wildman–Crippen LogP) is 1.19. The molecule has 3 nitrogen and oxygen atoms in total. The van der Waals surface area contributed by atoms with Gasteiger partial charge in [0.15, 0.2) is 0 Å². The quantitative estimate of drug-likeness (QED) is 0.484. The molecule has 0 amide bonds. The molecule has 0 rings (SSSR count). The molecular weight excluding hydrogens is 154 g/mol. The third-order valence-corrected chi connectivity index (χ3v) is 1.27. The van der Waals surface area contributed by atoms with E-state index in [-0.39, 0.29) is 5.97 Å². The zero-order valence-electron chi connectivity index (χ0n) is 8.22. The largest absolute Gasteiger partial charge is 0.464 e. The SMILES string of the molecule is CCCNCC(=O)OCC(C)C. The Hall–Kier alpha value is -0.570. The summed E-state index contributed by atoms with van der Waals surface area (Å²) < 4.78 is 4.95. The highest BCUT2D eigenvalue weighted by Gasteiger charge is 2.02. The van der Waals surface area contributed by atoms with Crippen LogP contribution in [0.3, 0.4) is 0 Å². The van der Waals surface area contributed by atoms with Gasteiger partial charge in [0.25, 0.3) is 0 Å². The fourth-order valence-corrected chi connectivity index (χ4v) is 0.678. The van der Waals surface area contributed by atoms with Crippen LogP contribution in [0.2, 0.25) is 0 Å². The number of carbonyl (C=O) groups excluding carboxylic acids is 1. The molecule has 0 aliphatic carbocycles. The van der Waals surface area contributed by atoms with Crippen LogP contribution < -0.4 is 5.32 Å². The first-order chi connectivity index (χ1) is 5.66. The zero-order chi connectivity index (χ0) is 9.40. The van der Waals surface area contributed by atoms with Crippen molar-refractivity contribution in [3.8, 4) is 0 Å². The normalized spacial score (nSPS) is 10.3. The van der Waals surface area contributed by atoms with Crippen molar-refractivity contribution in [2.75, 3.05) is 19.7 Å². The lowest BCUT2D eigenvalue weighted by molar-refractivity contribution is -0.143. The Morgan fingerprint density at radius 3 is 2.67 bits per heavy atom. The van der Waals surface area contributed by atoms with Crippen molar-refractivity contribution >= 4 is 5.97 Å². The van der Waals surface area contributed by atoms with E-state index in [1.54, 1.807) is 0 Å². The van der Waals surface area contributed by atoms with E-state index >= 15 is 0 Å². The number of rotatable bonds is 6. The molecule has 0 atom stereocenters. The molecule has 0 radical (unpaired) electrons. The summed E-state index contributed by atoms with van der Waals surface area (Å²) in [6.45, 7) is 7.83. The second-order valence-corrected chi connectivity index (χ2v) is 3.25. The van der Waals surface area contributed by atoms with E-state index in [2.05, 4.69) is 12.2 Å². The van der Waals surface area contributed by atoms with Crippen molar-refractivity contribution in [3.05, 3.63) is 0 Å². The van der Waals surface area contributed by atoms with Crippen LogP contribution in [0, 0.1) is 5.92 Å². The van der Waals surface area contributed by atoms with Crippen molar-refractivity contribution in [1.82, 2.24) is 5.32 Å². The molecule has 0 unspecified atom stereocenters. The van der Waals surface area contributed by atoms with Crippen LogP contribution in [0.5, 0.6) is 0 Å². The van der Waals surface area contributed by atoms with Gasteiger partial charge in [0.1, 0.15) is 0 Å². The number of hydrogen-bond acceptors (Lipinski definition) is 3. The highest BCUT2D eigenvalue weighted by molar-refractivity contribution is 5.71. The highest BCUT2D eigenvalue weighted by Crippen LogP contribution is 1.91. The molecule has 12 heavy (non-hydrogen) atoms. The third kappa shape index (κ3) is 7.54. The molecule has 0 aliphatic heterocycles. The van der Waals surface area contributed by atoms with Crippen molar-refractivity contribution < 1.29 is 9.53 Å². The van der Waals surface area contributed by atoms with Crippen LogP contribution in [-0.4, -0.2) is 25.7 Å². The van der Waals surface area contributed by atoms with Gasteiger partial charge in [-0.25, -0.2) is 0 Å². The Labute approximate surface area is 74.5 Å². The lowest BCUT2D eigenvalue weighted by Crippen LogP contribution is -2.26. The minimum absolute atomic E-state index is 0.155. The number of ether oxygens (including phenoxy) is 1. The van der Waals surface area contributed by atoms with E-state index in [0.717, 1.165) is 13.0 Å². The molecule has 0 fully saturated rings. The maximum absolute atomic E-state index is 10.9. The lowest BCUT2D eigenvalue weighted by Gasteiger charge is -2.07. The minimum Gasteiger partial charge on any atom is -0.464 e. The highest BCUT2D eigenvalue weighted by atomic mass is 16.5. The fourth-order valence-electron chi connectivity index (χ4n) is 0.678. The van der Waals surface area contributed by atoms with Crippen molar-refractivity contribution in [2.45, 2.75) is 27.2 Å². The zero-order valence-corrected chi connectivity index (χ0v) is 8.22. The molecule has 0 saturated heterocycles. The maximum Gasteiger partial charge on any atom is 0.319 e. The Kier molecular flexibility index (Phi) is 6.76. The van der Waals surface area contributed by atoms with Gasteiger partial charge in [-0.1, -0.05) is 20.8 Å². The Morgan fingerprint density at radius 2 is 2.17 bits per heavy atom. The Balaban J connectivity index is 3.22. The van der Waals surface area contributed by atoms with E-state index in [1.165, 1.54) is 0 Å². The molecule has 72 valence electrons. The molecule has 0 spiro atoms. The summed E-state index contributed by atoms with van der Waals surface area (Å²) in [5.74, 6) is 0.261. The third-order valence-electron chi connectivity index (χ3n) is 1.27. The van der Waals surface area contributed by atoms with E-state index in [1.807, 2.05) is 13.8 Å². The van der Waals surface area contributed by atoms with Gasteiger partial charge in [-0.15, -0.1) is 0 Å². The van der Waals surface area contributed by atoms with Crippen LogP contribution in [0.1, 0.15) is 27.2 Å². The van der Waals surface area contributed by atoms with Gasteiger partial charge in [0, 0.05) is 0 Å². The van der Waals surface area contributed by atoms with Gasteiger partial charge >= 0.3 is 5.97 Å². The van der Waals surface area contributed by atoms with E-state index in [9.17, 15) is 4.79 Å². The monoisotopic (exact) mass is 173 g/mol. The summed E-state index contributed by atoms with van der Waals surface area (Å²) in [4.78, 5) is 10.9. The number of hydrogen-bond donors (Lipinski definition) is 1. The summed E-state index contributed by atoms with van der Waals surface area (Å²) in [6, 6.07) is 0. The summed E-state index contributed by atoms with van der Waals surface area (Å²) in [5, 5.41) is 2.98. The summed E-state index contributed by atoms with van der Waals surface area (Å²) in [6.07, 6.45) is 1.04. The van der Waals surface area contributed by atoms with Crippen LogP contribution in [0.15, 0.2) is 0 Å². The smallest absolute Gasteiger partial charge is 0.319 e. The van der Waals surface area contributed by atoms with E-state index in [4.69, 9.17) is 4.74 Å². The average molecular weight is 173 g/mol. The molecule has 0 heterocycles. The van der Waals surface area contributed by atoms with Crippen LogP contribution >= 0.6 is 0 Å². The lowest BCUT2D eigenvalue weighted by atomic mass is 10.2. The molecule has 0 aliphatic rings.